The number of carbonyl (C=O) groups is 1. The van der Waals surface area contributed by atoms with Crippen LogP contribution in [0.4, 0.5) is 0 Å². The van der Waals surface area contributed by atoms with Gasteiger partial charge in [0.1, 0.15) is 11.3 Å². The molecule has 2 aliphatic carbocycles. The highest BCUT2D eigenvalue weighted by Gasteiger charge is 2.46. The van der Waals surface area contributed by atoms with E-state index in [1.54, 1.807) is 7.11 Å². The average molecular weight is 535 g/mol. The predicted molar refractivity (Wildman–Crippen MR) is 155 cm³/mol. The van der Waals surface area contributed by atoms with E-state index >= 15 is 0 Å². The number of aryl methyl sites for hydroxylation is 1. The number of methoxy groups -OCH3 is 1. The summed E-state index contributed by atoms with van der Waals surface area (Å²) in [7, 11) is 3.72. The Morgan fingerprint density at radius 2 is 1.98 bits per heavy atom. The molecule has 1 N–H and O–H groups in total. The van der Waals surface area contributed by atoms with Crippen molar-refractivity contribution < 1.29 is 9.53 Å². The van der Waals surface area contributed by atoms with Crippen molar-refractivity contribution in [3.8, 4) is 28.5 Å². The van der Waals surface area contributed by atoms with Gasteiger partial charge in [0.2, 0.25) is 0 Å². The molecule has 2 aromatic carbocycles. The number of aromatic nitrogens is 5. The van der Waals surface area contributed by atoms with Crippen molar-refractivity contribution in [3.05, 3.63) is 54.2 Å². The number of hydrogen-bond acceptors (Lipinski definition) is 4. The topological polar surface area (TPSA) is 81.0 Å². The molecule has 3 aromatic heterocycles. The number of ether oxygens (including phenoxy) is 1. The maximum absolute atomic E-state index is 13.7. The summed E-state index contributed by atoms with van der Waals surface area (Å²) in [5.74, 6) is 3.56. The van der Waals surface area contributed by atoms with E-state index in [4.69, 9.17) is 9.72 Å². The lowest BCUT2D eigenvalue weighted by Crippen LogP contribution is -2.38. The van der Waals surface area contributed by atoms with Crippen molar-refractivity contribution in [3.63, 3.8) is 0 Å². The van der Waals surface area contributed by atoms with Crippen LogP contribution >= 0.6 is 0 Å². The number of nitrogens with one attached hydrogen (secondary N) is 1. The van der Waals surface area contributed by atoms with Crippen molar-refractivity contribution in [2.24, 2.45) is 24.8 Å². The lowest BCUT2D eigenvalue weighted by molar-refractivity contribution is 0.0696. The van der Waals surface area contributed by atoms with Crippen molar-refractivity contribution in [1.29, 1.82) is 0 Å². The molecule has 3 atom stereocenters. The highest BCUT2D eigenvalue weighted by molar-refractivity contribution is 6.00. The Kier molecular flexibility index (Phi) is 5.18. The van der Waals surface area contributed by atoms with E-state index in [9.17, 15) is 4.79 Å². The van der Waals surface area contributed by atoms with Gasteiger partial charge in [0.25, 0.3) is 5.91 Å². The van der Waals surface area contributed by atoms with Crippen LogP contribution in [0.2, 0.25) is 0 Å². The summed E-state index contributed by atoms with van der Waals surface area (Å²) >= 11 is 0. The second-order valence-corrected chi connectivity index (χ2v) is 12.1. The molecular weight excluding hydrogens is 500 g/mol. The second kappa shape index (κ2) is 8.71. The molecule has 204 valence electrons. The lowest BCUT2D eigenvalue weighted by Gasteiger charge is -2.27. The first-order chi connectivity index (χ1) is 19.5. The van der Waals surface area contributed by atoms with Gasteiger partial charge in [0.15, 0.2) is 5.82 Å². The zero-order valence-electron chi connectivity index (χ0n) is 23.2. The Hall–Kier alpha value is -4.07. The van der Waals surface area contributed by atoms with Crippen LogP contribution in [0.3, 0.4) is 0 Å². The maximum Gasteiger partial charge on any atom is 0.254 e. The molecule has 40 heavy (non-hydrogen) atoms. The van der Waals surface area contributed by atoms with Crippen LogP contribution < -0.4 is 4.74 Å². The number of carbonyl (C=O) groups excluding carboxylic acids is 1. The van der Waals surface area contributed by atoms with Gasteiger partial charge in [-0.3, -0.25) is 9.89 Å². The predicted octanol–water partition coefficient (Wildman–Crippen LogP) is 5.87. The molecule has 3 fully saturated rings. The zero-order chi connectivity index (χ0) is 27.1. The summed E-state index contributed by atoms with van der Waals surface area (Å²) in [4.78, 5) is 21.0. The number of amides is 1. The smallest absolute Gasteiger partial charge is 0.254 e. The van der Waals surface area contributed by atoms with Gasteiger partial charge in [-0.05, 0) is 73.8 Å². The third-order valence-electron chi connectivity index (χ3n) is 9.74. The number of benzene rings is 2. The maximum atomic E-state index is 13.7. The number of H-pyrrole nitrogens is 1. The number of piperidine rings is 1. The van der Waals surface area contributed by atoms with Gasteiger partial charge in [-0.2, -0.15) is 5.10 Å². The normalized spacial score (nSPS) is 22.2. The molecule has 4 heterocycles. The first-order valence-corrected chi connectivity index (χ1v) is 14.5. The van der Waals surface area contributed by atoms with E-state index in [1.807, 2.05) is 31.4 Å². The van der Waals surface area contributed by atoms with Gasteiger partial charge in [0.05, 0.1) is 24.0 Å². The van der Waals surface area contributed by atoms with Gasteiger partial charge < -0.3 is 18.8 Å². The highest BCUT2D eigenvalue weighted by atomic mass is 16.5. The molecule has 2 bridgehead atoms. The van der Waals surface area contributed by atoms with Crippen LogP contribution in [0.15, 0.2) is 48.7 Å². The molecule has 5 aromatic rings. The van der Waals surface area contributed by atoms with Gasteiger partial charge in [-0.25, -0.2) is 4.98 Å². The van der Waals surface area contributed by atoms with E-state index in [0.717, 1.165) is 53.3 Å². The van der Waals surface area contributed by atoms with Crippen molar-refractivity contribution in [1.82, 2.24) is 29.2 Å². The average Bonchev–Trinajstić information content (AvgIpc) is 3.34. The molecule has 2 unspecified atom stereocenters. The van der Waals surface area contributed by atoms with E-state index in [-0.39, 0.29) is 5.91 Å². The van der Waals surface area contributed by atoms with Crippen LogP contribution in [-0.2, 0) is 13.6 Å². The number of nitrogens with zero attached hydrogens (tertiary/aromatic N) is 5. The molecule has 0 spiro atoms. The standard InChI is InChI=1S/C32H34N6O2/c1-18-22-8-9-26(18)38(17-22)32(39)23-12-25-30(29(15-23)40-3)36(2)31(34-25)28-14-21-7-6-20(24-10-11-33-35-24)13-27(21)37(28)16-19-4-5-19/h6-7,10-15,18-19,22,26H,4-5,8-9,16-17H2,1-3H3,(H,33,35)/t18-,22?,26?/m1/s1. The first-order valence-electron chi connectivity index (χ1n) is 14.5. The van der Waals surface area contributed by atoms with Gasteiger partial charge >= 0.3 is 0 Å². The number of likely N-dealkylation sites (tertiary alicyclic amines) is 1. The fourth-order valence-corrected chi connectivity index (χ4v) is 7.30. The molecule has 1 saturated heterocycles. The Morgan fingerprint density at radius 1 is 1.10 bits per heavy atom. The Balaban J connectivity index is 1.25. The molecular formula is C32H34N6O2. The summed E-state index contributed by atoms with van der Waals surface area (Å²) in [6.07, 6.45) is 6.72. The number of imidazole rings is 1. The van der Waals surface area contributed by atoms with Gasteiger partial charge in [-0.1, -0.05) is 19.1 Å². The Labute approximate surface area is 232 Å². The Bertz CT molecular complexity index is 1780. The van der Waals surface area contributed by atoms with E-state index in [2.05, 4.69) is 55.4 Å². The minimum Gasteiger partial charge on any atom is -0.494 e. The molecule has 8 rings (SSSR count). The van der Waals surface area contributed by atoms with Crippen LogP contribution in [0, 0.1) is 17.8 Å². The van der Waals surface area contributed by atoms with Gasteiger partial charge in [-0.15, -0.1) is 0 Å². The number of aromatic amines is 1. The summed E-state index contributed by atoms with van der Waals surface area (Å²) in [6.45, 7) is 4.12. The monoisotopic (exact) mass is 534 g/mol. The van der Waals surface area contributed by atoms with Crippen LogP contribution in [0.1, 0.15) is 43.0 Å². The fourth-order valence-electron chi connectivity index (χ4n) is 7.30. The van der Waals surface area contributed by atoms with E-state index < -0.39 is 0 Å². The molecule has 8 nitrogen and oxygen atoms in total. The minimum atomic E-state index is 0.0974. The SMILES string of the molecule is COc1cc(C(=O)N2CC3CCC2[C@@H]3C)cc2nc(-c3cc4ccc(-c5cc[nH]n5)cc4n3CC3CC3)n(C)c12. The molecule has 3 aliphatic rings. The van der Waals surface area contributed by atoms with E-state index in [1.165, 1.54) is 30.2 Å². The molecule has 1 aliphatic heterocycles. The number of fused-ring (bicyclic) bond motifs is 4. The summed E-state index contributed by atoms with van der Waals surface area (Å²) < 4.78 is 10.4. The molecule has 0 radical (unpaired) electrons. The summed E-state index contributed by atoms with van der Waals surface area (Å²) in [5, 5.41) is 8.51. The van der Waals surface area contributed by atoms with Crippen LogP contribution in [0.5, 0.6) is 5.75 Å². The van der Waals surface area contributed by atoms with E-state index in [0.29, 0.717) is 35.1 Å². The van der Waals surface area contributed by atoms with Crippen LogP contribution in [-0.4, -0.2) is 54.8 Å². The number of rotatable bonds is 6. The highest BCUT2D eigenvalue weighted by Crippen LogP contribution is 2.44. The molecule has 1 amide bonds. The summed E-state index contributed by atoms with van der Waals surface area (Å²) in [6, 6.07) is 15.0. The van der Waals surface area contributed by atoms with Crippen molar-refractivity contribution in [2.75, 3.05) is 13.7 Å². The van der Waals surface area contributed by atoms with Crippen molar-refractivity contribution in [2.45, 2.75) is 45.2 Å². The molecule has 2 saturated carbocycles. The third-order valence-corrected chi connectivity index (χ3v) is 9.74. The zero-order valence-corrected chi connectivity index (χ0v) is 23.2. The van der Waals surface area contributed by atoms with Crippen molar-refractivity contribution >= 4 is 27.8 Å². The first kappa shape index (κ1) is 23.8. The second-order valence-electron chi connectivity index (χ2n) is 12.1. The lowest BCUT2D eigenvalue weighted by atomic mass is 10.0. The van der Waals surface area contributed by atoms with Gasteiger partial charge in [0, 0.05) is 54.4 Å². The van der Waals surface area contributed by atoms with Crippen LogP contribution in [0.25, 0.3) is 44.7 Å². The molecule has 8 heteroatoms. The Morgan fingerprint density at radius 3 is 2.67 bits per heavy atom. The minimum absolute atomic E-state index is 0.0974. The summed E-state index contributed by atoms with van der Waals surface area (Å²) in [5.41, 5.74) is 6.67. The fraction of sp³-hybridized carbons (Fsp3) is 0.406. The quantitative estimate of drug-likeness (QED) is 0.295. The number of hydrogen-bond donors (Lipinski definition) is 1. The third kappa shape index (κ3) is 3.54. The largest absolute Gasteiger partial charge is 0.494 e.